The molecular formula is C10H23O4P. The molecule has 1 atom stereocenters. The van der Waals surface area contributed by atoms with Crippen molar-refractivity contribution in [2.24, 2.45) is 0 Å². The quantitative estimate of drug-likeness (QED) is 0.495. The van der Waals surface area contributed by atoms with Crippen LogP contribution < -0.4 is 0 Å². The summed E-state index contributed by atoms with van der Waals surface area (Å²) in [5.74, 6) is 0. The predicted molar refractivity (Wildman–Crippen MR) is 61.3 cm³/mol. The van der Waals surface area contributed by atoms with E-state index >= 15 is 0 Å². The summed E-state index contributed by atoms with van der Waals surface area (Å²) in [4.78, 5) is 0. The van der Waals surface area contributed by atoms with Gasteiger partial charge in [-0.2, -0.15) is 0 Å². The molecule has 0 aliphatic rings. The maximum atomic E-state index is 12.2. The van der Waals surface area contributed by atoms with E-state index < -0.39 is 7.60 Å². The van der Waals surface area contributed by atoms with Gasteiger partial charge < -0.3 is 14.2 Å². The highest BCUT2D eigenvalue weighted by atomic mass is 31.2. The van der Waals surface area contributed by atoms with Crippen molar-refractivity contribution in [3.63, 3.8) is 0 Å². The lowest BCUT2D eigenvalue weighted by atomic mass is 10.2. The Bertz CT molecular complexity index is 186. The highest BCUT2D eigenvalue weighted by molar-refractivity contribution is 7.54. The van der Waals surface area contributed by atoms with Crippen LogP contribution in [0.2, 0.25) is 0 Å². The summed E-state index contributed by atoms with van der Waals surface area (Å²) in [5, 5.41) is 8.66. The largest absolute Gasteiger partial charge is 0.396 e. The van der Waals surface area contributed by atoms with Crippen molar-refractivity contribution in [3.8, 4) is 0 Å². The van der Waals surface area contributed by atoms with Crippen LogP contribution >= 0.6 is 7.60 Å². The van der Waals surface area contributed by atoms with Gasteiger partial charge in [-0.25, -0.2) is 0 Å². The minimum Gasteiger partial charge on any atom is -0.396 e. The van der Waals surface area contributed by atoms with Crippen LogP contribution in [0.1, 0.15) is 40.0 Å². The monoisotopic (exact) mass is 238 g/mol. The van der Waals surface area contributed by atoms with E-state index in [-0.39, 0.29) is 12.3 Å². The Morgan fingerprint density at radius 3 is 2.13 bits per heavy atom. The molecule has 0 aliphatic heterocycles. The second kappa shape index (κ2) is 8.28. The molecule has 0 aromatic heterocycles. The van der Waals surface area contributed by atoms with Gasteiger partial charge in [0.15, 0.2) is 0 Å². The second-order valence-corrected chi connectivity index (χ2v) is 5.92. The van der Waals surface area contributed by atoms with Crippen LogP contribution in [0.15, 0.2) is 0 Å². The molecule has 0 aromatic rings. The lowest BCUT2D eigenvalue weighted by Crippen LogP contribution is -2.10. The maximum Gasteiger partial charge on any atom is 0.333 e. The van der Waals surface area contributed by atoms with Crippen molar-refractivity contribution in [2.75, 3.05) is 19.8 Å². The fourth-order valence-electron chi connectivity index (χ4n) is 1.36. The molecule has 0 heterocycles. The standard InChI is InChI=1S/C10H23O4P/c1-4-13-15(12,14-5-2)10(3)8-6-7-9-11/h10-11H,4-9H2,1-3H3. The molecule has 0 radical (unpaired) electrons. The molecule has 0 bridgehead atoms. The third-order valence-electron chi connectivity index (χ3n) is 2.19. The van der Waals surface area contributed by atoms with Gasteiger partial charge in [-0.15, -0.1) is 0 Å². The van der Waals surface area contributed by atoms with Gasteiger partial charge in [0.1, 0.15) is 0 Å². The molecule has 92 valence electrons. The Labute approximate surface area is 92.5 Å². The maximum absolute atomic E-state index is 12.2. The zero-order chi connectivity index (χ0) is 11.7. The summed E-state index contributed by atoms with van der Waals surface area (Å²) in [6.45, 7) is 6.49. The van der Waals surface area contributed by atoms with Crippen LogP contribution in [0.25, 0.3) is 0 Å². The normalized spacial score (nSPS) is 14.1. The number of hydrogen-bond donors (Lipinski definition) is 1. The molecule has 1 unspecified atom stereocenters. The summed E-state index contributed by atoms with van der Waals surface area (Å²) < 4.78 is 22.7. The molecule has 5 heteroatoms. The van der Waals surface area contributed by atoms with Gasteiger partial charge in [-0.05, 0) is 26.7 Å². The molecule has 0 saturated heterocycles. The third-order valence-corrected chi connectivity index (χ3v) is 4.76. The molecule has 0 spiro atoms. The molecule has 0 fully saturated rings. The van der Waals surface area contributed by atoms with Gasteiger partial charge >= 0.3 is 7.60 Å². The Balaban J connectivity index is 4.15. The van der Waals surface area contributed by atoms with Gasteiger partial charge in [-0.3, -0.25) is 4.57 Å². The number of hydrogen-bond acceptors (Lipinski definition) is 4. The number of aliphatic hydroxyl groups is 1. The predicted octanol–water partition coefficient (Wildman–Crippen LogP) is 2.80. The van der Waals surface area contributed by atoms with E-state index in [0.717, 1.165) is 19.3 Å². The summed E-state index contributed by atoms with van der Waals surface area (Å²) in [5.41, 5.74) is -0.0936. The molecule has 4 nitrogen and oxygen atoms in total. The first-order chi connectivity index (χ1) is 7.10. The minimum atomic E-state index is -2.93. The lowest BCUT2D eigenvalue weighted by molar-refractivity contribution is 0.210. The molecule has 0 aliphatic carbocycles. The average Bonchev–Trinajstić information content (AvgIpc) is 2.18. The second-order valence-electron chi connectivity index (χ2n) is 3.44. The zero-order valence-electron chi connectivity index (χ0n) is 9.94. The van der Waals surface area contributed by atoms with E-state index in [4.69, 9.17) is 14.2 Å². The molecule has 15 heavy (non-hydrogen) atoms. The van der Waals surface area contributed by atoms with Crippen molar-refractivity contribution in [3.05, 3.63) is 0 Å². The first kappa shape index (κ1) is 15.1. The summed E-state index contributed by atoms with van der Waals surface area (Å²) in [7, 11) is -2.93. The van der Waals surface area contributed by atoms with Crippen molar-refractivity contribution >= 4 is 7.60 Å². The SMILES string of the molecule is CCOP(=O)(OCC)C(C)CCCCO. The molecule has 0 rings (SSSR count). The van der Waals surface area contributed by atoms with Crippen LogP contribution in [0, 0.1) is 0 Å². The topological polar surface area (TPSA) is 55.8 Å². The fourth-order valence-corrected chi connectivity index (χ4v) is 3.16. The van der Waals surface area contributed by atoms with E-state index in [1.807, 2.05) is 20.8 Å². The van der Waals surface area contributed by atoms with E-state index in [1.54, 1.807) is 0 Å². The van der Waals surface area contributed by atoms with Gasteiger partial charge in [-0.1, -0.05) is 13.3 Å². The van der Waals surface area contributed by atoms with Gasteiger partial charge in [0.05, 0.1) is 18.9 Å². The lowest BCUT2D eigenvalue weighted by Gasteiger charge is -2.23. The summed E-state index contributed by atoms with van der Waals surface area (Å²) >= 11 is 0. The van der Waals surface area contributed by atoms with Crippen LogP contribution in [0.5, 0.6) is 0 Å². The van der Waals surface area contributed by atoms with Crippen molar-refractivity contribution in [2.45, 2.75) is 45.7 Å². The number of rotatable bonds is 9. The number of aliphatic hydroxyl groups excluding tert-OH is 1. The first-order valence-electron chi connectivity index (χ1n) is 5.60. The van der Waals surface area contributed by atoms with Crippen LogP contribution in [-0.4, -0.2) is 30.6 Å². The van der Waals surface area contributed by atoms with Crippen LogP contribution in [0.3, 0.4) is 0 Å². The molecule has 1 N–H and O–H groups in total. The minimum absolute atomic E-state index is 0.0936. The Hall–Kier alpha value is 0.110. The molecule has 0 aromatic carbocycles. The molecule has 0 amide bonds. The first-order valence-corrected chi connectivity index (χ1v) is 7.21. The average molecular weight is 238 g/mol. The molecular weight excluding hydrogens is 215 g/mol. The van der Waals surface area contributed by atoms with Gasteiger partial charge in [0, 0.05) is 6.61 Å². The zero-order valence-corrected chi connectivity index (χ0v) is 10.8. The Morgan fingerprint density at radius 1 is 1.20 bits per heavy atom. The fraction of sp³-hybridized carbons (Fsp3) is 1.00. The van der Waals surface area contributed by atoms with Crippen molar-refractivity contribution in [1.82, 2.24) is 0 Å². The smallest absolute Gasteiger partial charge is 0.333 e. The third kappa shape index (κ3) is 5.67. The van der Waals surface area contributed by atoms with Crippen molar-refractivity contribution in [1.29, 1.82) is 0 Å². The van der Waals surface area contributed by atoms with Crippen LogP contribution in [0.4, 0.5) is 0 Å². The highest BCUT2D eigenvalue weighted by Crippen LogP contribution is 2.54. The van der Waals surface area contributed by atoms with E-state index in [0.29, 0.717) is 13.2 Å². The van der Waals surface area contributed by atoms with E-state index in [1.165, 1.54) is 0 Å². The van der Waals surface area contributed by atoms with E-state index in [2.05, 4.69) is 0 Å². The van der Waals surface area contributed by atoms with E-state index in [9.17, 15) is 4.57 Å². The Kier molecular flexibility index (Phi) is 8.34. The van der Waals surface area contributed by atoms with Crippen LogP contribution in [-0.2, 0) is 13.6 Å². The summed E-state index contributed by atoms with van der Waals surface area (Å²) in [6, 6.07) is 0. The number of unbranched alkanes of at least 4 members (excludes halogenated alkanes) is 1. The van der Waals surface area contributed by atoms with Gasteiger partial charge in [0.25, 0.3) is 0 Å². The van der Waals surface area contributed by atoms with Crippen molar-refractivity contribution < 1.29 is 18.7 Å². The summed E-state index contributed by atoms with van der Waals surface area (Å²) in [6.07, 6.45) is 2.35. The Morgan fingerprint density at radius 2 is 1.73 bits per heavy atom. The van der Waals surface area contributed by atoms with Gasteiger partial charge in [0.2, 0.25) is 0 Å². The highest BCUT2D eigenvalue weighted by Gasteiger charge is 2.30. The molecule has 0 saturated carbocycles.